The number of hydrogen-bond acceptors (Lipinski definition) is 4. The van der Waals surface area contributed by atoms with Gasteiger partial charge >= 0.3 is 0 Å². The fourth-order valence-corrected chi connectivity index (χ4v) is 3.72. The molecule has 0 amide bonds. The molecule has 5 heteroatoms. The van der Waals surface area contributed by atoms with Crippen LogP contribution < -0.4 is 0 Å². The number of nitrogens with zero attached hydrogens (tertiary/aromatic N) is 4. The highest BCUT2D eigenvalue weighted by molar-refractivity contribution is 6.29. The summed E-state index contributed by atoms with van der Waals surface area (Å²) in [4.78, 5) is 18.6. The lowest BCUT2D eigenvalue weighted by Crippen LogP contribution is -2.01. The van der Waals surface area contributed by atoms with Gasteiger partial charge in [-0.25, -0.2) is 19.9 Å². The van der Waals surface area contributed by atoms with Crippen molar-refractivity contribution >= 4 is 11.6 Å². The topological polar surface area (TPSA) is 51.6 Å². The smallest absolute Gasteiger partial charge is 0.164 e. The highest BCUT2D eigenvalue weighted by Gasteiger charge is 2.15. The molecule has 5 aromatic rings. The molecule has 0 spiro atoms. The van der Waals surface area contributed by atoms with Gasteiger partial charge in [-0.15, -0.1) is 0 Å². The first-order valence-electron chi connectivity index (χ1n) is 10.3. The van der Waals surface area contributed by atoms with Crippen LogP contribution in [0.4, 0.5) is 0 Å². The van der Waals surface area contributed by atoms with Crippen molar-refractivity contribution in [2.75, 3.05) is 0 Å². The number of aryl methyl sites for hydroxylation is 1. The minimum atomic E-state index is 0.443. The Kier molecular flexibility index (Phi) is 5.44. The number of halogens is 1. The van der Waals surface area contributed by atoms with Crippen LogP contribution in [0.3, 0.4) is 0 Å². The van der Waals surface area contributed by atoms with Crippen molar-refractivity contribution in [1.82, 2.24) is 19.9 Å². The third-order valence-electron chi connectivity index (χ3n) is 5.18. The third-order valence-corrected chi connectivity index (χ3v) is 5.39. The zero-order chi connectivity index (χ0) is 21.9. The number of benzene rings is 3. The Labute approximate surface area is 191 Å². The highest BCUT2D eigenvalue weighted by atomic mass is 35.5. The van der Waals surface area contributed by atoms with E-state index in [0.717, 1.165) is 27.8 Å². The predicted octanol–water partition coefficient (Wildman–Crippen LogP) is 6.90. The van der Waals surface area contributed by atoms with Crippen LogP contribution in [0.2, 0.25) is 5.15 Å². The van der Waals surface area contributed by atoms with Crippen LogP contribution in [0.15, 0.2) is 97.2 Å². The van der Waals surface area contributed by atoms with E-state index in [0.29, 0.717) is 22.6 Å². The first kappa shape index (κ1) is 20.0. The second kappa shape index (κ2) is 8.69. The van der Waals surface area contributed by atoms with E-state index in [9.17, 15) is 0 Å². The summed E-state index contributed by atoms with van der Waals surface area (Å²) < 4.78 is 0. The van der Waals surface area contributed by atoms with Crippen LogP contribution in [0.25, 0.3) is 45.3 Å². The zero-order valence-corrected chi connectivity index (χ0v) is 18.2. The first-order valence-corrected chi connectivity index (χ1v) is 10.6. The Bertz CT molecular complexity index is 1380. The van der Waals surface area contributed by atoms with Gasteiger partial charge in [0, 0.05) is 22.9 Å². The molecule has 4 nitrogen and oxygen atoms in total. The Morgan fingerprint density at radius 3 is 1.84 bits per heavy atom. The van der Waals surface area contributed by atoms with Gasteiger partial charge in [0.15, 0.2) is 17.5 Å². The predicted molar refractivity (Wildman–Crippen MR) is 129 cm³/mol. The van der Waals surface area contributed by atoms with Crippen molar-refractivity contribution in [2.45, 2.75) is 6.92 Å². The number of rotatable bonds is 4. The lowest BCUT2D eigenvalue weighted by molar-refractivity contribution is 1.07. The normalized spacial score (nSPS) is 10.8. The van der Waals surface area contributed by atoms with Crippen LogP contribution >= 0.6 is 11.6 Å². The van der Waals surface area contributed by atoms with Crippen LogP contribution in [0.5, 0.6) is 0 Å². The van der Waals surface area contributed by atoms with E-state index in [1.54, 1.807) is 6.20 Å². The minimum Gasteiger partial charge on any atom is -0.245 e. The largest absolute Gasteiger partial charge is 0.245 e. The van der Waals surface area contributed by atoms with Crippen LogP contribution in [0.1, 0.15) is 5.56 Å². The maximum atomic E-state index is 6.16. The van der Waals surface area contributed by atoms with Gasteiger partial charge in [-0.05, 0) is 30.2 Å². The van der Waals surface area contributed by atoms with E-state index >= 15 is 0 Å². The van der Waals surface area contributed by atoms with Crippen molar-refractivity contribution in [3.05, 3.63) is 108 Å². The summed E-state index contributed by atoms with van der Waals surface area (Å²) in [5.74, 6) is 1.88. The number of hydrogen-bond donors (Lipinski definition) is 0. The minimum absolute atomic E-state index is 0.443. The SMILES string of the molecule is Cc1ccc(-c2nc(-c3ccccc3)nc(-c3ccccc3-c3ccnc(Cl)c3)n2)cc1. The second-order valence-electron chi connectivity index (χ2n) is 7.45. The van der Waals surface area contributed by atoms with Crippen molar-refractivity contribution in [3.63, 3.8) is 0 Å². The third kappa shape index (κ3) is 4.13. The Morgan fingerprint density at radius 1 is 0.562 bits per heavy atom. The van der Waals surface area contributed by atoms with Crippen LogP contribution in [-0.4, -0.2) is 19.9 Å². The van der Waals surface area contributed by atoms with Crippen molar-refractivity contribution in [2.24, 2.45) is 0 Å². The molecular weight excluding hydrogens is 416 g/mol. The van der Waals surface area contributed by atoms with E-state index in [1.807, 2.05) is 78.9 Å². The summed E-state index contributed by atoms with van der Waals surface area (Å²) in [5.41, 5.74) is 5.92. The van der Waals surface area contributed by atoms with E-state index < -0.39 is 0 Å². The summed E-state index contributed by atoms with van der Waals surface area (Å²) >= 11 is 6.16. The van der Waals surface area contributed by atoms with Gasteiger partial charge in [0.2, 0.25) is 0 Å². The summed E-state index contributed by atoms with van der Waals surface area (Å²) in [5, 5.41) is 0.443. The van der Waals surface area contributed by atoms with E-state index in [-0.39, 0.29) is 0 Å². The van der Waals surface area contributed by atoms with Gasteiger partial charge in [0.1, 0.15) is 5.15 Å². The molecule has 0 aliphatic carbocycles. The maximum Gasteiger partial charge on any atom is 0.164 e. The molecule has 2 aromatic heterocycles. The van der Waals surface area contributed by atoms with Gasteiger partial charge in [-0.2, -0.15) is 0 Å². The summed E-state index contributed by atoms with van der Waals surface area (Å²) in [6, 6.07) is 30.0. The molecule has 0 fully saturated rings. The van der Waals surface area contributed by atoms with Gasteiger partial charge in [0.25, 0.3) is 0 Å². The molecule has 0 atom stereocenters. The second-order valence-corrected chi connectivity index (χ2v) is 7.84. The van der Waals surface area contributed by atoms with Crippen LogP contribution in [-0.2, 0) is 0 Å². The lowest BCUT2D eigenvalue weighted by atomic mass is 10.00. The maximum absolute atomic E-state index is 6.16. The van der Waals surface area contributed by atoms with Gasteiger partial charge < -0.3 is 0 Å². The standard InChI is InChI=1S/C27H19ClN4/c1-18-11-13-20(14-12-18)26-30-25(19-7-3-2-4-8-19)31-27(32-26)23-10-6-5-9-22(23)21-15-16-29-24(28)17-21/h2-17H,1H3. The quantitative estimate of drug-likeness (QED) is 0.289. The van der Waals surface area contributed by atoms with E-state index in [4.69, 9.17) is 26.6 Å². The van der Waals surface area contributed by atoms with Gasteiger partial charge in [-0.3, -0.25) is 0 Å². The molecule has 0 saturated heterocycles. The van der Waals surface area contributed by atoms with Crippen molar-refractivity contribution < 1.29 is 0 Å². The van der Waals surface area contributed by atoms with E-state index in [1.165, 1.54) is 5.56 Å². The molecule has 0 aliphatic rings. The fraction of sp³-hybridized carbons (Fsp3) is 0.0370. The molecule has 0 saturated carbocycles. The Hall–Kier alpha value is -3.89. The van der Waals surface area contributed by atoms with Crippen molar-refractivity contribution in [3.8, 4) is 45.3 Å². The molecular formula is C27H19ClN4. The Morgan fingerprint density at radius 2 is 1.16 bits per heavy atom. The summed E-state index contributed by atoms with van der Waals surface area (Å²) in [6.45, 7) is 2.06. The number of pyridine rings is 1. The average molecular weight is 435 g/mol. The first-order chi connectivity index (χ1) is 15.7. The van der Waals surface area contributed by atoms with E-state index in [2.05, 4.69) is 24.0 Å². The Balaban J connectivity index is 1.73. The summed E-state index contributed by atoms with van der Waals surface area (Å²) in [7, 11) is 0. The van der Waals surface area contributed by atoms with Crippen LogP contribution in [0, 0.1) is 6.92 Å². The molecule has 3 aromatic carbocycles. The number of aromatic nitrogens is 4. The van der Waals surface area contributed by atoms with Gasteiger partial charge in [0.05, 0.1) is 0 Å². The molecule has 5 rings (SSSR count). The highest BCUT2D eigenvalue weighted by Crippen LogP contribution is 2.32. The van der Waals surface area contributed by atoms with Gasteiger partial charge in [-0.1, -0.05) is 96.0 Å². The molecule has 0 bridgehead atoms. The monoisotopic (exact) mass is 434 g/mol. The molecule has 2 heterocycles. The molecule has 0 N–H and O–H groups in total. The molecule has 154 valence electrons. The van der Waals surface area contributed by atoms with Crippen molar-refractivity contribution in [1.29, 1.82) is 0 Å². The molecule has 0 unspecified atom stereocenters. The molecule has 0 radical (unpaired) electrons. The average Bonchev–Trinajstić information content (AvgIpc) is 2.85. The zero-order valence-electron chi connectivity index (χ0n) is 17.4. The lowest BCUT2D eigenvalue weighted by Gasteiger charge is -2.12. The molecule has 0 aliphatic heterocycles. The fourth-order valence-electron chi connectivity index (χ4n) is 3.54. The summed E-state index contributed by atoms with van der Waals surface area (Å²) in [6.07, 6.45) is 1.70. The molecule has 32 heavy (non-hydrogen) atoms.